The molecule has 0 saturated carbocycles. The molecule has 6 heteroatoms. The van der Waals surface area contributed by atoms with Crippen LogP contribution in [0.4, 0.5) is 5.69 Å². The number of phenolic OH excluding ortho intramolecular Hbond substituents is 1. The molecule has 0 radical (unpaired) electrons. The lowest BCUT2D eigenvalue weighted by atomic mass is 10.2. The SMILES string of the molecule is O=C(COC(=O)c1cccc(O)c1)Nc1cccc(Br)c1. The average molecular weight is 350 g/mol. The molecule has 2 aromatic carbocycles. The van der Waals surface area contributed by atoms with Gasteiger partial charge in [-0.15, -0.1) is 0 Å². The van der Waals surface area contributed by atoms with Gasteiger partial charge in [0.2, 0.25) is 0 Å². The first-order valence-corrected chi connectivity index (χ1v) is 6.85. The molecule has 0 saturated heterocycles. The Morgan fingerprint density at radius 2 is 1.90 bits per heavy atom. The number of aromatic hydroxyl groups is 1. The zero-order valence-corrected chi connectivity index (χ0v) is 12.5. The molecule has 2 aromatic rings. The van der Waals surface area contributed by atoms with Gasteiger partial charge < -0.3 is 15.2 Å². The molecule has 0 aliphatic carbocycles. The molecule has 0 unspecified atom stereocenters. The molecule has 21 heavy (non-hydrogen) atoms. The Morgan fingerprint density at radius 3 is 2.62 bits per heavy atom. The van der Waals surface area contributed by atoms with Crippen LogP contribution in [-0.4, -0.2) is 23.6 Å². The Bertz CT molecular complexity index is 672. The Balaban J connectivity index is 1.88. The van der Waals surface area contributed by atoms with Gasteiger partial charge in [-0.25, -0.2) is 4.79 Å². The van der Waals surface area contributed by atoms with E-state index in [9.17, 15) is 14.7 Å². The molecule has 2 rings (SSSR count). The van der Waals surface area contributed by atoms with E-state index in [0.717, 1.165) is 4.47 Å². The summed E-state index contributed by atoms with van der Waals surface area (Å²) in [6, 6.07) is 12.8. The van der Waals surface area contributed by atoms with Gasteiger partial charge in [-0.05, 0) is 36.4 Å². The van der Waals surface area contributed by atoms with Gasteiger partial charge in [0.15, 0.2) is 6.61 Å². The summed E-state index contributed by atoms with van der Waals surface area (Å²) < 4.78 is 5.70. The molecular weight excluding hydrogens is 338 g/mol. The van der Waals surface area contributed by atoms with Crippen molar-refractivity contribution in [2.45, 2.75) is 0 Å². The lowest BCUT2D eigenvalue weighted by molar-refractivity contribution is -0.119. The number of hydrogen-bond donors (Lipinski definition) is 2. The molecule has 108 valence electrons. The third kappa shape index (κ3) is 4.61. The first-order valence-electron chi connectivity index (χ1n) is 6.06. The number of nitrogens with one attached hydrogen (secondary N) is 1. The zero-order chi connectivity index (χ0) is 15.2. The Morgan fingerprint density at radius 1 is 1.14 bits per heavy atom. The maximum absolute atomic E-state index is 11.7. The summed E-state index contributed by atoms with van der Waals surface area (Å²) in [6.07, 6.45) is 0. The lowest BCUT2D eigenvalue weighted by Crippen LogP contribution is -2.20. The lowest BCUT2D eigenvalue weighted by Gasteiger charge is -2.07. The fourth-order valence-electron chi connectivity index (χ4n) is 1.61. The number of carbonyl (C=O) groups excluding carboxylic acids is 2. The third-order valence-corrected chi connectivity index (χ3v) is 3.02. The van der Waals surface area contributed by atoms with Crippen LogP contribution in [0.5, 0.6) is 5.75 Å². The molecule has 0 spiro atoms. The zero-order valence-electron chi connectivity index (χ0n) is 10.9. The Labute approximate surface area is 129 Å². The average Bonchev–Trinajstić information content (AvgIpc) is 2.45. The van der Waals surface area contributed by atoms with Crippen LogP contribution in [0, 0.1) is 0 Å². The number of phenols is 1. The van der Waals surface area contributed by atoms with Crippen molar-refractivity contribution in [2.24, 2.45) is 0 Å². The van der Waals surface area contributed by atoms with Crippen LogP contribution in [0.1, 0.15) is 10.4 Å². The molecule has 0 aliphatic rings. The molecule has 0 heterocycles. The summed E-state index contributed by atoms with van der Waals surface area (Å²) in [4.78, 5) is 23.4. The summed E-state index contributed by atoms with van der Waals surface area (Å²) in [7, 11) is 0. The second-order valence-electron chi connectivity index (χ2n) is 4.18. The summed E-state index contributed by atoms with van der Waals surface area (Å²) >= 11 is 3.29. The Hall–Kier alpha value is -2.34. The molecule has 5 nitrogen and oxygen atoms in total. The monoisotopic (exact) mass is 349 g/mol. The predicted octanol–water partition coefficient (Wildman–Crippen LogP) is 2.95. The largest absolute Gasteiger partial charge is 0.508 e. The van der Waals surface area contributed by atoms with E-state index in [1.165, 1.54) is 24.3 Å². The van der Waals surface area contributed by atoms with Crippen LogP contribution in [0.3, 0.4) is 0 Å². The van der Waals surface area contributed by atoms with E-state index < -0.39 is 18.5 Å². The highest BCUT2D eigenvalue weighted by molar-refractivity contribution is 9.10. The van der Waals surface area contributed by atoms with E-state index in [2.05, 4.69) is 21.2 Å². The van der Waals surface area contributed by atoms with Crippen LogP contribution < -0.4 is 5.32 Å². The van der Waals surface area contributed by atoms with Crippen molar-refractivity contribution in [1.29, 1.82) is 0 Å². The minimum absolute atomic E-state index is 0.0389. The Kier molecular flexibility index (Phi) is 4.94. The molecule has 0 aromatic heterocycles. The van der Waals surface area contributed by atoms with Crippen molar-refractivity contribution in [3.63, 3.8) is 0 Å². The van der Waals surface area contributed by atoms with Gasteiger partial charge in [-0.3, -0.25) is 4.79 Å². The van der Waals surface area contributed by atoms with Crippen LogP contribution in [0.25, 0.3) is 0 Å². The molecule has 2 N–H and O–H groups in total. The number of hydrogen-bond acceptors (Lipinski definition) is 4. The number of halogens is 1. The topological polar surface area (TPSA) is 75.6 Å². The van der Waals surface area contributed by atoms with Crippen molar-refractivity contribution < 1.29 is 19.4 Å². The molecular formula is C15H12BrNO4. The smallest absolute Gasteiger partial charge is 0.338 e. The van der Waals surface area contributed by atoms with Gasteiger partial charge in [0.1, 0.15) is 5.75 Å². The number of benzene rings is 2. The fraction of sp³-hybridized carbons (Fsp3) is 0.0667. The van der Waals surface area contributed by atoms with Crippen molar-refractivity contribution in [3.8, 4) is 5.75 Å². The fourth-order valence-corrected chi connectivity index (χ4v) is 2.01. The molecule has 1 amide bonds. The second kappa shape index (κ2) is 6.90. The highest BCUT2D eigenvalue weighted by atomic mass is 79.9. The standard InChI is InChI=1S/C15H12BrNO4/c16-11-4-2-5-12(8-11)17-14(19)9-21-15(20)10-3-1-6-13(18)7-10/h1-8,18H,9H2,(H,17,19). The summed E-state index contributed by atoms with van der Waals surface area (Å²) in [5.74, 6) is -1.15. The van der Waals surface area contributed by atoms with Crippen molar-refractivity contribution in [2.75, 3.05) is 11.9 Å². The minimum atomic E-state index is -0.671. The first-order chi connectivity index (χ1) is 10.0. The summed E-state index contributed by atoms with van der Waals surface area (Å²) in [5, 5.41) is 11.9. The predicted molar refractivity (Wildman–Crippen MR) is 81.2 cm³/mol. The van der Waals surface area contributed by atoms with Crippen LogP contribution >= 0.6 is 15.9 Å². The van der Waals surface area contributed by atoms with Gasteiger partial charge in [0.05, 0.1) is 5.56 Å². The van der Waals surface area contributed by atoms with E-state index in [1.807, 2.05) is 6.07 Å². The van der Waals surface area contributed by atoms with E-state index in [1.54, 1.807) is 18.2 Å². The minimum Gasteiger partial charge on any atom is -0.508 e. The van der Waals surface area contributed by atoms with E-state index in [-0.39, 0.29) is 11.3 Å². The van der Waals surface area contributed by atoms with Crippen molar-refractivity contribution in [1.82, 2.24) is 0 Å². The molecule has 0 bridgehead atoms. The molecule has 0 fully saturated rings. The number of carbonyl (C=O) groups is 2. The number of esters is 1. The highest BCUT2D eigenvalue weighted by Gasteiger charge is 2.10. The van der Waals surface area contributed by atoms with E-state index >= 15 is 0 Å². The summed E-state index contributed by atoms with van der Waals surface area (Å²) in [5.41, 5.74) is 0.785. The molecule has 0 atom stereocenters. The maximum Gasteiger partial charge on any atom is 0.338 e. The van der Waals surface area contributed by atoms with Crippen molar-refractivity contribution >= 4 is 33.5 Å². The molecule has 0 aliphatic heterocycles. The van der Waals surface area contributed by atoms with Crippen LogP contribution in [0.2, 0.25) is 0 Å². The highest BCUT2D eigenvalue weighted by Crippen LogP contribution is 2.15. The van der Waals surface area contributed by atoms with E-state index in [0.29, 0.717) is 5.69 Å². The number of ether oxygens (including phenoxy) is 1. The number of rotatable bonds is 4. The van der Waals surface area contributed by atoms with Gasteiger partial charge in [-0.2, -0.15) is 0 Å². The third-order valence-electron chi connectivity index (χ3n) is 2.52. The second-order valence-corrected chi connectivity index (χ2v) is 5.10. The van der Waals surface area contributed by atoms with E-state index in [4.69, 9.17) is 4.74 Å². The summed E-state index contributed by atoms with van der Waals surface area (Å²) in [6.45, 7) is -0.402. The van der Waals surface area contributed by atoms with Gasteiger partial charge in [-0.1, -0.05) is 28.1 Å². The number of amides is 1. The maximum atomic E-state index is 11.7. The normalized spacial score (nSPS) is 9.95. The first kappa shape index (κ1) is 15.1. The van der Waals surface area contributed by atoms with Gasteiger partial charge in [0.25, 0.3) is 5.91 Å². The quantitative estimate of drug-likeness (QED) is 0.832. The van der Waals surface area contributed by atoms with Gasteiger partial charge in [0, 0.05) is 10.2 Å². The van der Waals surface area contributed by atoms with Crippen LogP contribution in [0.15, 0.2) is 53.0 Å². The van der Waals surface area contributed by atoms with Gasteiger partial charge >= 0.3 is 5.97 Å². The van der Waals surface area contributed by atoms with Crippen molar-refractivity contribution in [3.05, 3.63) is 58.6 Å². The number of anilines is 1. The van der Waals surface area contributed by atoms with Crippen LogP contribution in [-0.2, 0) is 9.53 Å².